The van der Waals surface area contributed by atoms with E-state index in [1.165, 1.54) is 0 Å². The molecular formula is C19H21N5OS. The molecular weight excluding hydrogens is 346 g/mol. The molecule has 0 atom stereocenters. The first-order valence-corrected chi connectivity index (χ1v) is 9.53. The Kier molecular flexibility index (Phi) is 5.08. The quantitative estimate of drug-likeness (QED) is 0.691. The first-order valence-electron chi connectivity index (χ1n) is 8.65. The number of anilines is 1. The lowest BCUT2D eigenvalue weighted by Crippen LogP contribution is -2.46. The monoisotopic (exact) mass is 367 g/mol. The van der Waals surface area contributed by atoms with Crippen molar-refractivity contribution in [2.24, 2.45) is 0 Å². The number of piperazine rings is 1. The number of hydrogen-bond donors (Lipinski definition) is 0. The zero-order valence-corrected chi connectivity index (χ0v) is 15.5. The molecule has 3 aromatic rings. The van der Waals surface area contributed by atoms with Gasteiger partial charge in [-0.2, -0.15) is 0 Å². The number of nitrogens with zero attached hydrogens (tertiary/aromatic N) is 5. The molecule has 3 heterocycles. The minimum Gasteiger partial charge on any atom is -0.497 e. The Morgan fingerprint density at radius 3 is 2.46 bits per heavy atom. The van der Waals surface area contributed by atoms with Crippen LogP contribution in [0.2, 0.25) is 0 Å². The Bertz CT molecular complexity index is 829. The summed E-state index contributed by atoms with van der Waals surface area (Å²) in [5.41, 5.74) is 2.26. The van der Waals surface area contributed by atoms with E-state index in [0.717, 1.165) is 60.7 Å². The second-order valence-corrected chi connectivity index (χ2v) is 7.04. The summed E-state index contributed by atoms with van der Waals surface area (Å²) in [5, 5.41) is 3.21. The lowest BCUT2D eigenvalue weighted by atomic mass is 10.2. The smallest absolute Gasteiger partial charge is 0.225 e. The van der Waals surface area contributed by atoms with Gasteiger partial charge >= 0.3 is 0 Å². The molecule has 26 heavy (non-hydrogen) atoms. The Morgan fingerprint density at radius 2 is 1.77 bits per heavy atom. The van der Waals surface area contributed by atoms with Crippen LogP contribution in [0.1, 0.15) is 5.69 Å². The van der Waals surface area contributed by atoms with Gasteiger partial charge in [-0.1, -0.05) is 0 Å². The van der Waals surface area contributed by atoms with Gasteiger partial charge in [0.25, 0.3) is 0 Å². The summed E-state index contributed by atoms with van der Waals surface area (Å²) >= 11 is 1.69. The van der Waals surface area contributed by atoms with E-state index < -0.39 is 0 Å². The van der Waals surface area contributed by atoms with Crippen LogP contribution in [0, 0.1) is 0 Å². The lowest BCUT2D eigenvalue weighted by Gasteiger charge is -2.34. The van der Waals surface area contributed by atoms with Crippen LogP contribution in [0.4, 0.5) is 5.95 Å². The molecule has 1 aliphatic heterocycles. The number of methoxy groups -OCH3 is 1. The van der Waals surface area contributed by atoms with Gasteiger partial charge in [0, 0.05) is 56.1 Å². The van der Waals surface area contributed by atoms with Crippen LogP contribution < -0.4 is 9.64 Å². The molecule has 7 heteroatoms. The number of rotatable bonds is 5. The predicted molar refractivity (Wildman–Crippen MR) is 104 cm³/mol. The minimum atomic E-state index is 0.822. The van der Waals surface area contributed by atoms with Gasteiger partial charge in [-0.15, -0.1) is 11.3 Å². The van der Waals surface area contributed by atoms with Crippen molar-refractivity contribution in [3.8, 4) is 16.3 Å². The van der Waals surface area contributed by atoms with Gasteiger partial charge in [0.2, 0.25) is 5.95 Å². The summed E-state index contributed by atoms with van der Waals surface area (Å²) in [6.07, 6.45) is 3.59. The Balaban J connectivity index is 1.35. The molecule has 134 valence electrons. The standard InChI is InChI=1S/C19H21N5OS/c1-25-17-5-3-15(4-6-17)18-22-16(14-26-18)13-23-9-11-24(12-10-23)19-20-7-2-8-21-19/h2-8,14H,9-13H2,1H3. The summed E-state index contributed by atoms with van der Waals surface area (Å²) in [6, 6.07) is 9.91. The van der Waals surface area contributed by atoms with E-state index in [4.69, 9.17) is 9.72 Å². The van der Waals surface area contributed by atoms with Gasteiger partial charge in [-0.05, 0) is 30.3 Å². The minimum absolute atomic E-state index is 0.822. The van der Waals surface area contributed by atoms with E-state index in [-0.39, 0.29) is 0 Å². The third-order valence-electron chi connectivity index (χ3n) is 4.48. The van der Waals surface area contributed by atoms with Crippen LogP contribution in [0.5, 0.6) is 5.75 Å². The van der Waals surface area contributed by atoms with E-state index in [1.807, 2.05) is 18.2 Å². The molecule has 4 rings (SSSR count). The van der Waals surface area contributed by atoms with Crippen LogP contribution in [0.3, 0.4) is 0 Å². The Morgan fingerprint density at radius 1 is 1.04 bits per heavy atom. The fraction of sp³-hybridized carbons (Fsp3) is 0.316. The number of hydrogen-bond acceptors (Lipinski definition) is 7. The second-order valence-electron chi connectivity index (χ2n) is 6.18. The molecule has 1 saturated heterocycles. The van der Waals surface area contributed by atoms with Gasteiger partial charge in [0.05, 0.1) is 12.8 Å². The summed E-state index contributed by atoms with van der Waals surface area (Å²) in [6.45, 7) is 4.76. The number of benzene rings is 1. The Hall–Kier alpha value is -2.51. The molecule has 0 bridgehead atoms. The molecule has 1 aromatic carbocycles. The van der Waals surface area contributed by atoms with Crippen molar-refractivity contribution < 1.29 is 4.74 Å². The highest BCUT2D eigenvalue weighted by Gasteiger charge is 2.19. The third kappa shape index (κ3) is 3.84. The topological polar surface area (TPSA) is 54.4 Å². The van der Waals surface area contributed by atoms with Crippen LogP contribution >= 0.6 is 11.3 Å². The molecule has 0 radical (unpaired) electrons. The van der Waals surface area contributed by atoms with Crippen molar-refractivity contribution in [2.75, 3.05) is 38.2 Å². The van der Waals surface area contributed by atoms with Crippen LogP contribution in [-0.4, -0.2) is 53.1 Å². The summed E-state index contributed by atoms with van der Waals surface area (Å²) in [7, 11) is 1.68. The highest BCUT2D eigenvalue weighted by Crippen LogP contribution is 2.26. The zero-order chi connectivity index (χ0) is 17.8. The molecule has 0 saturated carbocycles. The van der Waals surface area contributed by atoms with Gasteiger partial charge in [0.15, 0.2) is 0 Å². The second kappa shape index (κ2) is 7.80. The van der Waals surface area contributed by atoms with Crippen LogP contribution in [-0.2, 0) is 6.54 Å². The first kappa shape index (κ1) is 16.9. The molecule has 0 unspecified atom stereocenters. The molecule has 1 fully saturated rings. The van der Waals surface area contributed by atoms with Gasteiger partial charge < -0.3 is 9.64 Å². The summed E-state index contributed by atoms with van der Waals surface area (Å²) < 4.78 is 5.21. The first-order chi connectivity index (χ1) is 12.8. The van der Waals surface area contributed by atoms with E-state index in [0.29, 0.717) is 0 Å². The fourth-order valence-electron chi connectivity index (χ4n) is 3.04. The normalized spacial score (nSPS) is 15.2. The number of ether oxygens (including phenoxy) is 1. The molecule has 1 aliphatic rings. The highest BCUT2D eigenvalue weighted by molar-refractivity contribution is 7.13. The van der Waals surface area contributed by atoms with Crippen molar-refractivity contribution >= 4 is 17.3 Å². The largest absolute Gasteiger partial charge is 0.497 e. The highest BCUT2D eigenvalue weighted by atomic mass is 32.1. The zero-order valence-electron chi connectivity index (χ0n) is 14.7. The molecule has 2 aromatic heterocycles. The Labute approximate surface area is 157 Å². The van der Waals surface area contributed by atoms with E-state index in [9.17, 15) is 0 Å². The fourth-order valence-corrected chi connectivity index (χ4v) is 3.85. The van der Waals surface area contributed by atoms with Gasteiger partial charge in [-0.25, -0.2) is 15.0 Å². The van der Waals surface area contributed by atoms with E-state index >= 15 is 0 Å². The summed E-state index contributed by atoms with van der Waals surface area (Å²) in [4.78, 5) is 18.2. The molecule has 0 N–H and O–H groups in total. The molecule has 6 nitrogen and oxygen atoms in total. The maximum atomic E-state index is 5.21. The van der Waals surface area contributed by atoms with Gasteiger partial charge in [0.1, 0.15) is 10.8 Å². The van der Waals surface area contributed by atoms with Crippen LogP contribution in [0.25, 0.3) is 10.6 Å². The van der Waals surface area contributed by atoms with Crippen molar-refractivity contribution in [3.63, 3.8) is 0 Å². The average Bonchev–Trinajstić information content (AvgIpc) is 3.18. The molecule has 0 amide bonds. The SMILES string of the molecule is COc1ccc(-c2nc(CN3CCN(c4ncccn4)CC3)cs2)cc1. The predicted octanol–water partition coefficient (Wildman–Crippen LogP) is 2.93. The average molecular weight is 367 g/mol. The maximum absolute atomic E-state index is 5.21. The van der Waals surface area contributed by atoms with Gasteiger partial charge in [-0.3, -0.25) is 4.90 Å². The van der Waals surface area contributed by atoms with E-state index in [2.05, 4.69) is 37.3 Å². The molecule has 0 spiro atoms. The van der Waals surface area contributed by atoms with Crippen molar-refractivity contribution in [3.05, 3.63) is 53.8 Å². The van der Waals surface area contributed by atoms with Crippen molar-refractivity contribution in [1.82, 2.24) is 19.9 Å². The third-order valence-corrected chi connectivity index (χ3v) is 5.42. The maximum Gasteiger partial charge on any atom is 0.225 e. The van der Waals surface area contributed by atoms with Crippen molar-refractivity contribution in [1.29, 1.82) is 0 Å². The van der Waals surface area contributed by atoms with E-state index in [1.54, 1.807) is 30.8 Å². The van der Waals surface area contributed by atoms with Crippen molar-refractivity contribution in [2.45, 2.75) is 6.54 Å². The number of thiazole rings is 1. The van der Waals surface area contributed by atoms with Crippen LogP contribution in [0.15, 0.2) is 48.1 Å². The lowest BCUT2D eigenvalue weighted by molar-refractivity contribution is 0.246. The number of aromatic nitrogens is 3. The summed E-state index contributed by atoms with van der Waals surface area (Å²) in [5.74, 6) is 1.69. The molecule has 0 aliphatic carbocycles.